The summed E-state index contributed by atoms with van der Waals surface area (Å²) in [5.74, 6) is 0.310. The Morgan fingerprint density at radius 3 is 2.08 bits per heavy atom. The monoisotopic (exact) mass is 168 g/mol. The van der Waals surface area contributed by atoms with E-state index in [1.807, 2.05) is 0 Å². The van der Waals surface area contributed by atoms with Crippen molar-refractivity contribution in [3.05, 3.63) is 35.6 Å². The number of halogens is 1. The van der Waals surface area contributed by atoms with Gasteiger partial charge in [-0.15, -0.1) is 0 Å². The van der Waals surface area contributed by atoms with Crippen LogP contribution in [0.4, 0.5) is 4.39 Å². The van der Waals surface area contributed by atoms with Gasteiger partial charge in [-0.1, -0.05) is 26.0 Å². The molecular formula is C10H15FN+. The zero-order valence-electron chi connectivity index (χ0n) is 7.55. The summed E-state index contributed by atoms with van der Waals surface area (Å²) in [6.45, 7) is 4.22. The molecule has 0 fully saturated rings. The molecule has 0 saturated heterocycles. The van der Waals surface area contributed by atoms with E-state index >= 15 is 0 Å². The van der Waals surface area contributed by atoms with Crippen LogP contribution in [-0.4, -0.2) is 0 Å². The lowest BCUT2D eigenvalue weighted by atomic mass is 9.97. The van der Waals surface area contributed by atoms with Crippen LogP contribution in [0.3, 0.4) is 0 Å². The molecule has 0 radical (unpaired) electrons. The Hall–Kier alpha value is -0.890. The summed E-state index contributed by atoms with van der Waals surface area (Å²) in [6.07, 6.45) is 0. The van der Waals surface area contributed by atoms with E-state index in [1.165, 1.54) is 12.1 Å². The number of rotatable bonds is 2. The third kappa shape index (κ3) is 2.05. The smallest absolute Gasteiger partial charge is 0.123 e. The fourth-order valence-electron chi connectivity index (χ4n) is 1.09. The van der Waals surface area contributed by atoms with Crippen LogP contribution in [0.15, 0.2) is 24.3 Å². The first-order valence-electron chi connectivity index (χ1n) is 4.20. The van der Waals surface area contributed by atoms with E-state index in [9.17, 15) is 4.39 Å². The molecule has 0 heterocycles. The van der Waals surface area contributed by atoms with E-state index < -0.39 is 0 Å². The summed E-state index contributed by atoms with van der Waals surface area (Å²) in [5.41, 5.74) is 5.12. The average molecular weight is 168 g/mol. The van der Waals surface area contributed by atoms with Gasteiger partial charge in [0.1, 0.15) is 11.9 Å². The van der Waals surface area contributed by atoms with E-state index in [0.29, 0.717) is 5.92 Å². The highest BCUT2D eigenvalue weighted by molar-refractivity contribution is 5.18. The Morgan fingerprint density at radius 2 is 1.67 bits per heavy atom. The number of hydrogen-bond acceptors (Lipinski definition) is 0. The van der Waals surface area contributed by atoms with E-state index in [1.54, 1.807) is 12.1 Å². The summed E-state index contributed by atoms with van der Waals surface area (Å²) in [4.78, 5) is 0. The van der Waals surface area contributed by atoms with Gasteiger partial charge in [-0.2, -0.15) is 0 Å². The maximum atomic E-state index is 12.5. The van der Waals surface area contributed by atoms with E-state index in [2.05, 4.69) is 19.6 Å². The van der Waals surface area contributed by atoms with Gasteiger partial charge >= 0.3 is 0 Å². The number of benzene rings is 1. The van der Waals surface area contributed by atoms with E-state index in [0.717, 1.165) is 5.56 Å². The minimum atomic E-state index is -0.185. The zero-order valence-corrected chi connectivity index (χ0v) is 7.55. The quantitative estimate of drug-likeness (QED) is 0.697. The van der Waals surface area contributed by atoms with Gasteiger partial charge in [0.2, 0.25) is 0 Å². The fourth-order valence-corrected chi connectivity index (χ4v) is 1.09. The Bertz CT molecular complexity index is 241. The van der Waals surface area contributed by atoms with Crippen molar-refractivity contribution in [2.75, 3.05) is 0 Å². The topological polar surface area (TPSA) is 27.6 Å². The molecule has 66 valence electrons. The third-order valence-corrected chi connectivity index (χ3v) is 2.10. The summed E-state index contributed by atoms with van der Waals surface area (Å²) >= 11 is 0. The molecule has 0 saturated carbocycles. The first-order chi connectivity index (χ1) is 5.61. The molecule has 0 bridgehead atoms. The van der Waals surface area contributed by atoms with Crippen molar-refractivity contribution in [2.24, 2.45) is 5.92 Å². The van der Waals surface area contributed by atoms with Crippen molar-refractivity contribution >= 4 is 0 Å². The second kappa shape index (κ2) is 3.68. The molecule has 0 aliphatic heterocycles. The predicted octanol–water partition coefficient (Wildman–Crippen LogP) is 1.76. The average Bonchev–Trinajstić information content (AvgIpc) is 2.04. The van der Waals surface area contributed by atoms with Crippen LogP contribution in [0.2, 0.25) is 0 Å². The lowest BCUT2D eigenvalue weighted by Gasteiger charge is -2.11. The van der Waals surface area contributed by atoms with Crippen molar-refractivity contribution in [3.63, 3.8) is 0 Å². The molecule has 12 heavy (non-hydrogen) atoms. The van der Waals surface area contributed by atoms with Gasteiger partial charge < -0.3 is 5.73 Å². The van der Waals surface area contributed by atoms with Gasteiger partial charge in [0.15, 0.2) is 0 Å². The molecule has 0 aliphatic carbocycles. The lowest BCUT2D eigenvalue weighted by Crippen LogP contribution is -2.55. The molecule has 1 aromatic carbocycles. The Morgan fingerprint density at radius 1 is 1.17 bits per heavy atom. The van der Waals surface area contributed by atoms with Gasteiger partial charge in [0.05, 0.1) is 0 Å². The molecule has 0 aliphatic rings. The van der Waals surface area contributed by atoms with Gasteiger partial charge in [-0.25, -0.2) is 4.39 Å². The Labute approximate surface area is 72.4 Å². The highest BCUT2D eigenvalue weighted by Crippen LogP contribution is 2.16. The first-order valence-corrected chi connectivity index (χ1v) is 4.20. The summed E-state index contributed by atoms with van der Waals surface area (Å²) in [7, 11) is 0. The van der Waals surface area contributed by atoms with E-state index in [-0.39, 0.29) is 11.9 Å². The van der Waals surface area contributed by atoms with Crippen LogP contribution < -0.4 is 5.73 Å². The fraction of sp³-hybridized carbons (Fsp3) is 0.400. The van der Waals surface area contributed by atoms with E-state index in [4.69, 9.17) is 0 Å². The molecule has 0 spiro atoms. The van der Waals surface area contributed by atoms with Gasteiger partial charge in [0, 0.05) is 11.5 Å². The molecule has 2 heteroatoms. The second-order valence-corrected chi connectivity index (χ2v) is 3.40. The molecule has 1 rings (SSSR count). The number of hydrogen-bond donors (Lipinski definition) is 1. The van der Waals surface area contributed by atoms with Crippen molar-refractivity contribution in [2.45, 2.75) is 19.9 Å². The second-order valence-electron chi connectivity index (χ2n) is 3.40. The molecular weight excluding hydrogens is 153 g/mol. The summed E-state index contributed by atoms with van der Waals surface area (Å²) < 4.78 is 12.5. The van der Waals surface area contributed by atoms with Crippen LogP contribution >= 0.6 is 0 Å². The summed E-state index contributed by atoms with van der Waals surface area (Å²) in [5, 5.41) is 0. The van der Waals surface area contributed by atoms with Crippen LogP contribution in [0.1, 0.15) is 25.5 Å². The normalized spacial score (nSPS) is 13.4. The zero-order chi connectivity index (χ0) is 9.14. The first kappa shape index (κ1) is 9.20. The molecule has 0 amide bonds. The third-order valence-electron chi connectivity index (χ3n) is 2.10. The minimum absolute atomic E-state index is 0.185. The van der Waals surface area contributed by atoms with Crippen molar-refractivity contribution in [1.82, 2.24) is 0 Å². The highest BCUT2D eigenvalue weighted by Gasteiger charge is 2.13. The molecule has 1 atom stereocenters. The maximum absolute atomic E-state index is 12.5. The minimum Gasteiger partial charge on any atom is -0.351 e. The SMILES string of the molecule is CC(C)[C@@H]([NH3+])c1ccc(F)cc1. The van der Waals surface area contributed by atoms with Crippen molar-refractivity contribution in [1.29, 1.82) is 0 Å². The van der Waals surface area contributed by atoms with Crippen LogP contribution in [0, 0.1) is 11.7 Å². The maximum Gasteiger partial charge on any atom is 0.123 e. The molecule has 3 N–H and O–H groups in total. The van der Waals surface area contributed by atoms with Gasteiger partial charge in [0.25, 0.3) is 0 Å². The Balaban J connectivity index is 2.82. The lowest BCUT2D eigenvalue weighted by molar-refractivity contribution is -0.438. The molecule has 1 nitrogen and oxygen atoms in total. The molecule has 1 aromatic rings. The molecule has 0 unspecified atom stereocenters. The van der Waals surface area contributed by atoms with Crippen LogP contribution in [0.25, 0.3) is 0 Å². The predicted molar refractivity (Wildman–Crippen MR) is 46.9 cm³/mol. The largest absolute Gasteiger partial charge is 0.351 e. The van der Waals surface area contributed by atoms with Crippen LogP contribution in [0.5, 0.6) is 0 Å². The summed E-state index contributed by atoms with van der Waals surface area (Å²) in [6, 6.07) is 6.82. The van der Waals surface area contributed by atoms with Gasteiger partial charge in [-0.3, -0.25) is 0 Å². The molecule has 0 aromatic heterocycles. The number of quaternary nitrogens is 1. The van der Waals surface area contributed by atoms with Crippen LogP contribution in [-0.2, 0) is 0 Å². The van der Waals surface area contributed by atoms with Crippen molar-refractivity contribution in [3.8, 4) is 0 Å². The van der Waals surface area contributed by atoms with Gasteiger partial charge in [-0.05, 0) is 12.1 Å². The highest BCUT2D eigenvalue weighted by atomic mass is 19.1. The standard InChI is InChI=1S/C10H14FN/c1-7(2)10(12)8-3-5-9(11)6-4-8/h3-7,10H,12H2,1-2H3/p+1/t10-/m1/s1. The van der Waals surface area contributed by atoms with Crippen molar-refractivity contribution < 1.29 is 10.1 Å². The Kier molecular flexibility index (Phi) is 2.82.